The summed E-state index contributed by atoms with van der Waals surface area (Å²) in [6.07, 6.45) is -1.81. The monoisotopic (exact) mass is 479 g/mol. The Balaban J connectivity index is 1.69. The van der Waals surface area contributed by atoms with Crippen molar-refractivity contribution in [2.75, 3.05) is 27.4 Å². The first kappa shape index (κ1) is 24.4. The van der Waals surface area contributed by atoms with Gasteiger partial charge in [0.1, 0.15) is 18.2 Å². The number of benzene rings is 1. The number of nitrogens with one attached hydrogen (secondary N) is 1. The average molecular weight is 479 g/mol. The summed E-state index contributed by atoms with van der Waals surface area (Å²) in [4.78, 5) is 24.0. The molecule has 0 aromatic heterocycles. The molecule has 6 atom stereocenters. The van der Waals surface area contributed by atoms with E-state index in [1.165, 1.54) is 21.0 Å². The van der Waals surface area contributed by atoms with Gasteiger partial charge in [0.05, 0.1) is 39.6 Å². The maximum atomic E-state index is 12.0. The molecule has 1 aromatic carbocycles. The van der Waals surface area contributed by atoms with Crippen LogP contribution in [0.3, 0.4) is 0 Å². The van der Waals surface area contributed by atoms with Crippen LogP contribution in [-0.2, 0) is 50.6 Å². The molecule has 1 amide bonds. The molecule has 34 heavy (non-hydrogen) atoms. The van der Waals surface area contributed by atoms with Gasteiger partial charge < -0.3 is 43.2 Å². The highest BCUT2D eigenvalue weighted by molar-refractivity contribution is 5.73. The van der Waals surface area contributed by atoms with Crippen molar-refractivity contribution in [3.8, 4) is 11.5 Å². The molecule has 0 saturated carbocycles. The van der Waals surface area contributed by atoms with Crippen LogP contribution in [0, 0.1) is 0 Å². The minimum atomic E-state index is -1.58. The average Bonchev–Trinajstić information content (AvgIpc) is 3.14. The van der Waals surface area contributed by atoms with Crippen LogP contribution < -0.4 is 14.8 Å². The van der Waals surface area contributed by atoms with E-state index in [1.807, 2.05) is 0 Å². The Hall–Kier alpha value is -2.70. The van der Waals surface area contributed by atoms with Crippen LogP contribution in [0.1, 0.15) is 25.0 Å². The lowest BCUT2D eigenvalue weighted by molar-refractivity contribution is -0.461. The second kappa shape index (κ2) is 9.88. The standard InChI is InChI=1S/C23H29NO10/c1-6-7-29-22-19(24-12(2)25)21(32-13(3)26)20-18(33-22)11-31-23(34-20)15-9-17(28-5)16(27-4)8-14(15)10-30-23/h6,8-9,18-22H,1,7,10-11H2,2-5H3,(H,24,25)/t18-,19-,20-,21-,22+,23+/m1/s1. The van der Waals surface area contributed by atoms with Crippen molar-refractivity contribution in [1.82, 2.24) is 5.32 Å². The molecule has 2 fully saturated rings. The van der Waals surface area contributed by atoms with Crippen molar-refractivity contribution < 1.29 is 47.5 Å². The fourth-order valence-electron chi connectivity index (χ4n) is 4.40. The van der Waals surface area contributed by atoms with Crippen molar-refractivity contribution in [2.24, 2.45) is 0 Å². The molecule has 2 saturated heterocycles. The van der Waals surface area contributed by atoms with E-state index in [0.717, 1.165) is 5.56 Å². The van der Waals surface area contributed by atoms with Gasteiger partial charge in [-0.1, -0.05) is 6.08 Å². The molecule has 3 aliphatic rings. The lowest BCUT2D eigenvalue weighted by atomic mass is 9.94. The van der Waals surface area contributed by atoms with E-state index in [9.17, 15) is 9.59 Å². The Morgan fingerprint density at radius 2 is 1.94 bits per heavy atom. The molecule has 1 aromatic rings. The van der Waals surface area contributed by atoms with Crippen LogP contribution in [0.5, 0.6) is 11.5 Å². The largest absolute Gasteiger partial charge is 0.493 e. The van der Waals surface area contributed by atoms with Gasteiger partial charge in [-0.25, -0.2) is 0 Å². The second-order valence-electron chi connectivity index (χ2n) is 8.07. The first-order valence-electron chi connectivity index (χ1n) is 10.8. The maximum absolute atomic E-state index is 12.0. The van der Waals surface area contributed by atoms with Gasteiger partial charge in [0.25, 0.3) is 0 Å². The first-order valence-corrected chi connectivity index (χ1v) is 10.8. The van der Waals surface area contributed by atoms with Gasteiger partial charge in [0.2, 0.25) is 5.91 Å². The van der Waals surface area contributed by atoms with Crippen molar-refractivity contribution in [3.05, 3.63) is 35.9 Å². The Labute approximate surface area is 197 Å². The van der Waals surface area contributed by atoms with Crippen molar-refractivity contribution >= 4 is 11.9 Å². The molecule has 3 heterocycles. The molecule has 1 N–H and O–H groups in total. The zero-order valence-corrected chi connectivity index (χ0v) is 19.5. The van der Waals surface area contributed by atoms with E-state index in [4.69, 9.17) is 37.9 Å². The van der Waals surface area contributed by atoms with Gasteiger partial charge in [0, 0.05) is 13.8 Å². The predicted molar refractivity (Wildman–Crippen MR) is 115 cm³/mol. The van der Waals surface area contributed by atoms with E-state index >= 15 is 0 Å². The highest BCUT2D eigenvalue weighted by Crippen LogP contribution is 2.48. The number of carbonyl (C=O) groups excluding carboxylic acids is 2. The van der Waals surface area contributed by atoms with Crippen LogP contribution in [-0.4, -0.2) is 70.0 Å². The molecular formula is C23H29NO10. The van der Waals surface area contributed by atoms with Crippen LogP contribution in [0.25, 0.3) is 0 Å². The zero-order valence-electron chi connectivity index (χ0n) is 19.5. The molecule has 3 aliphatic heterocycles. The number of fused-ring (bicyclic) bond motifs is 3. The third-order valence-electron chi connectivity index (χ3n) is 5.78. The minimum absolute atomic E-state index is 0.0525. The summed E-state index contributed by atoms with van der Waals surface area (Å²) < 4.78 is 46.6. The summed E-state index contributed by atoms with van der Waals surface area (Å²) in [6, 6.07) is 2.68. The Bertz CT molecular complexity index is 952. The number of rotatable bonds is 7. The number of carbonyl (C=O) groups is 2. The van der Waals surface area contributed by atoms with Crippen LogP contribution in [0.2, 0.25) is 0 Å². The predicted octanol–water partition coefficient (Wildman–Crippen LogP) is 1.12. The highest BCUT2D eigenvalue weighted by Gasteiger charge is 2.58. The van der Waals surface area contributed by atoms with Crippen LogP contribution in [0.4, 0.5) is 0 Å². The fourth-order valence-corrected chi connectivity index (χ4v) is 4.40. The highest BCUT2D eigenvalue weighted by atomic mass is 16.9. The van der Waals surface area contributed by atoms with E-state index in [2.05, 4.69) is 11.9 Å². The topological polar surface area (TPSA) is 120 Å². The third kappa shape index (κ3) is 4.49. The zero-order chi connectivity index (χ0) is 24.5. The fraction of sp³-hybridized carbons (Fsp3) is 0.565. The van der Waals surface area contributed by atoms with E-state index in [1.54, 1.807) is 25.3 Å². The van der Waals surface area contributed by atoms with E-state index in [-0.39, 0.29) is 25.7 Å². The van der Waals surface area contributed by atoms with Gasteiger partial charge in [-0.2, -0.15) is 0 Å². The van der Waals surface area contributed by atoms with Gasteiger partial charge in [-0.05, 0) is 17.7 Å². The summed E-state index contributed by atoms with van der Waals surface area (Å²) in [7, 11) is 3.07. The molecule has 11 nitrogen and oxygen atoms in total. The quantitative estimate of drug-likeness (QED) is 0.450. The third-order valence-corrected chi connectivity index (χ3v) is 5.78. The molecule has 4 rings (SSSR count). The second-order valence-corrected chi connectivity index (χ2v) is 8.07. The normalized spacial score (nSPS) is 31.8. The number of hydrogen-bond donors (Lipinski definition) is 1. The molecular weight excluding hydrogens is 450 g/mol. The Morgan fingerprint density at radius 3 is 2.59 bits per heavy atom. The first-order chi connectivity index (χ1) is 16.3. The molecule has 0 unspecified atom stereocenters. The SMILES string of the molecule is C=CCO[C@H]1O[C@@H]2CO[C@]3(OCc4cc(OC)c(OC)cc43)O[C@H]2[C@H](OC(C)=O)[C@H]1NC(C)=O. The summed E-state index contributed by atoms with van der Waals surface area (Å²) in [5, 5.41) is 2.76. The lowest BCUT2D eigenvalue weighted by Gasteiger charge is -2.50. The Morgan fingerprint density at radius 1 is 1.21 bits per heavy atom. The molecule has 186 valence electrons. The van der Waals surface area contributed by atoms with Gasteiger partial charge in [-0.3, -0.25) is 9.59 Å². The van der Waals surface area contributed by atoms with Gasteiger partial charge in [0.15, 0.2) is 23.9 Å². The molecule has 0 bridgehead atoms. The van der Waals surface area contributed by atoms with Crippen molar-refractivity contribution in [1.29, 1.82) is 0 Å². The number of esters is 1. The molecule has 1 spiro atoms. The number of hydrogen-bond acceptors (Lipinski definition) is 10. The lowest BCUT2D eigenvalue weighted by Crippen LogP contribution is -2.69. The number of methoxy groups -OCH3 is 2. The molecule has 0 radical (unpaired) electrons. The number of amides is 1. The summed E-state index contributed by atoms with van der Waals surface area (Å²) in [6.45, 7) is 6.68. The van der Waals surface area contributed by atoms with Gasteiger partial charge in [-0.15, -0.1) is 6.58 Å². The maximum Gasteiger partial charge on any atom is 0.313 e. The molecule has 0 aliphatic carbocycles. The summed E-state index contributed by atoms with van der Waals surface area (Å²) in [5.74, 6) is -1.45. The Kier molecular flexibility index (Phi) is 7.10. The van der Waals surface area contributed by atoms with E-state index in [0.29, 0.717) is 17.1 Å². The number of ether oxygens (including phenoxy) is 8. The van der Waals surface area contributed by atoms with E-state index < -0.39 is 42.6 Å². The smallest absolute Gasteiger partial charge is 0.313 e. The molecule has 11 heteroatoms. The van der Waals surface area contributed by atoms with Crippen molar-refractivity contribution in [3.63, 3.8) is 0 Å². The minimum Gasteiger partial charge on any atom is -0.493 e. The van der Waals surface area contributed by atoms with Crippen molar-refractivity contribution in [2.45, 2.75) is 57.1 Å². The van der Waals surface area contributed by atoms with Crippen LogP contribution >= 0.6 is 0 Å². The summed E-state index contributed by atoms with van der Waals surface area (Å²) in [5.41, 5.74) is 1.40. The van der Waals surface area contributed by atoms with Crippen LogP contribution in [0.15, 0.2) is 24.8 Å². The summed E-state index contributed by atoms with van der Waals surface area (Å²) >= 11 is 0. The van der Waals surface area contributed by atoms with Gasteiger partial charge >= 0.3 is 11.9 Å².